The van der Waals surface area contributed by atoms with E-state index in [1.165, 1.54) is 5.56 Å². The van der Waals surface area contributed by atoms with E-state index in [4.69, 9.17) is 0 Å². The van der Waals surface area contributed by atoms with Crippen molar-refractivity contribution in [2.24, 2.45) is 11.8 Å². The van der Waals surface area contributed by atoms with Crippen molar-refractivity contribution in [1.82, 2.24) is 5.32 Å². The van der Waals surface area contributed by atoms with Gasteiger partial charge in [-0.05, 0) is 31.2 Å². The summed E-state index contributed by atoms with van der Waals surface area (Å²) >= 11 is 0. The molecule has 0 radical (unpaired) electrons. The molecule has 0 bridgehead atoms. The van der Waals surface area contributed by atoms with Gasteiger partial charge in [0.25, 0.3) is 0 Å². The Balaban J connectivity index is 1.74. The van der Waals surface area contributed by atoms with E-state index >= 15 is 0 Å². The molecule has 4 nitrogen and oxygen atoms in total. The van der Waals surface area contributed by atoms with Gasteiger partial charge in [0, 0.05) is 24.3 Å². The fraction of sp³-hybridized carbons (Fsp3) is 0.529. The summed E-state index contributed by atoms with van der Waals surface area (Å²) in [6, 6.07) is 10.1. The van der Waals surface area contributed by atoms with Crippen molar-refractivity contribution in [1.29, 1.82) is 0 Å². The standard InChI is InChI=1S/C17H23NO3/c19-16(14-10-4-5-11-15(14)17(20)21)18-12-6-9-13-7-2-1-3-8-13/h1-3,7-8,14-15H,4-6,9-12H2,(H,18,19)(H,20,21)/p-1/t14-,15+/m1/s1. The van der Waals surface area contributed by atoms with Gasteiger partial charge >= 0.3 is 0 Å². The van der Waals surface area contributed by atoms with Crippen molar-refractivity contribution in [2.75, 3.05) is 6.54 Å². The number of benzene rings is 1. The predicted molar refractivity (Wildman–Crippen MR) is 78.2 cm³/mol. The molecule has 114 valence electrons. The van der Waals surface area contributed by atoms with Gasteiger partial charge in [0.1, 0.15) is 0 Å². The number of carbonyl (C=O) groups excluding carboxylic acids is 2. The van der Waals surface area contributed by atoms with Gasteiger partial charge < -0.3 is 15.2 Å². The molecule has 0 heterocycles. The van der Waals surface area contributed by atoms with Crippen LogP contribution in [0, 0.1) is 11.8 Å². The topological polar surface area (TPSA) is 69.2 Å². The van der Waals surface area contributed by atoms with Gasteiger partial charge in [-0.15, -0.1) is 0 Å². The Bertz CT molecular complexity index is 472. The number of rotatable bonds is 6. The van der Waals surface area contributed by atoms with Crippen molar-refractivity contribution in [3.05, 3.63) is 35.9 Å². The summed E-state index contributed by atoms with van der Waals surface area (Å²) in [6.07, 6.45) is 4.78. The van der Waals surface area contributed by atoms with Crippen molar-refractivity contribution in [2.45, 2.75) is 38.5 Å². The fourth-order valence-corrected chi connectivity index (χ4v) is 3.01. The number of hydrogen-bond donors (Lipinski definition) is 1. The molecule has 0 aromatic heterocycles. The Morgan fingerprint density at radius 3 is 2.43 bits per heavy atom. The van der Waals surface area contributed by atoms with Gasteiger partial charge in [-0.3, -0.25) is 4.79 Å². The monoisotopic (exact) mass is 288 g/mol. The molecule has 1 fully saturated rings. The number of hydrogen-bond acceptors (Lipinski definition) is 3. The third-order valence-corrected chi connectivity index (χ3v) is 4.19. The van der Waals surface area contributed by atoms with Crippen molar-refractivity contribution >= 4 is 11.9 Å². The van der Waals surface area contributed by atoms with Crippen LogP contribution in [-0.2, 0) is 16.0 Å². The average molecular weight is 288 g/mol. The zero-order chi connectivity index (χ0) is 15.1. The molecule has 1 aromatic rings. The first-order chi connectivity index (χ1) is 10.2. The summed E-state index contributed by atoms with van der Waals surface area (Å²) in [4.78, 5) is 23.2. The number of aryl methyl sites for hydroxylation is 1. The van der Waals surface area contributed by atoms with Gasteiger partial charge in [0.05, 0.1) is 0 Å². The van der Waals surface area contributed by atoms with Crippen LogP contribution in [0.3, 0.4) is 0 Å². The van der Waals surface area contributed by atoms with Crippen LogP contribution in [0.5, 0.6) is 0 Å². The Hall–Kier alpha value is -1.84. The average Bonchev–Trinajstić information content (AvgIpc) is 2.52. The van der Waals surface area contributed by atoms with Crippen molar-refractivity contribution in [3.63, 3.8) is 0 Å². The molecule has 1 saturated carbocycles. The lowest BCUT2D eigenvalue weighted by atomic mass is 9.78. The molecule has 1 aliphatic carbocycles. The van der Waals surface area contributed by atoms with Crippen LogP contribution in [0.1, 0.15) is 37.7 Å². The summed E-state index contributed by atoms with van der Waals surface area (Å²) < 4.78 is 0. The minimum absolute atomic E-state index is 0.128. The number of nitrogens with one attached hydrogen (secondary N) is 1. The van der Waals surface area contributed by atoms with E-state index in [1.54, 1.807) is 0 Å². The molecule has 2 rings (SSSR count). The second kappa shape index (κ2) is 7.81. The summed E-state index contributed by atoms with van der Waals surface area (Å²) in [5.41, 5.74) is 1.25. The second-order valence-electron chi connectivity index (χ2n) is 5.70. The fourth-order valence-electron chi connectivity index (χ4n) is 3.01. The van der Waals surface area contributed by atoms with Crippen LogP contribution in [0.25, 0.3) is 0 Å². The largest absolute Gasteiger partial charge is 0.550 e. The lowest BCUT2D eigenvalue weighted by Gasteiger charge is -2.31. The molecule has 4 heteroatoms. The Morgan fingerprint density at radius 2 is 1.76 bits per heavy atom. The molecule has 0 saturated heterocycles. The molecule has 0 unspecified atom stereocenters. The Labute approximate surface area is 125 Å². The van der Waals surface area contributed by atoms with Crippen LogP contribution >= 0.6 is 0 Å². The highest BCUT2D eigenvalue weighted by Crippen LogP contribution is 2.29. The summed E-state index contributed by atoms with van der Waals surface area (Å²) in [5, 5.41) is 14.0. The third kappa shape index (κ3) is 4.59. The molecule has 2 atom stereocenters. The molecule has 1 amide bonds. The third-order valence-electron chi connectivity index (χ3n) is 4.19. The van der Waals surface area contributed by atoms with Crippen LogP contribution in [0.4, 0.5) is 0 Å². The minimum atomic E-state index is -1.08. The maximum absolute atomic E-state index is 12.1. The number of carboxylic acid groups (broad SMARTS) is 1. The predicted octanol–water partition coefficient (Wildman–Crippen LogP) is 1.29. The second-order valence-corrected chi connectivity index (χ2v) is 5.70. The zero-order valence-electron chi connectivity index (χ0n) is 12.2. The highest BCUT2D eigenvalue weighted by atomic mass is 16.4. The van der Waals surface area contributed by atoms with E-state index in [2.05, 4.69) is 17.4 Å². The van der Waals surface area contributed by atoms with Crippen LogP contribution < -0.4 is 10.4 Å². The molecule has 0 aliphatic heterocycles. The smallest absolute Gasteiger partial charge is 0.223 e. The van der Waals surface area contributed by atoms with Crippen LogP contribution in [0.2, 0.25) is 0 Å². The van der Waals surface area contributed by atoms with E-state index in [9.17, 15) is 14.7 Å². The quantitative estimate of drug-likeness (QED) is 0.802. The molecular formula is C17H22NO3-. The minimum Gasteiger partial charge on any atom is -0.550 e. The summed E-state index contributed by atoms with van der Waals surface area (Å²) in [6.45, 7) is 0.587. The normalized spacial score (nSPS) is 21.7. The molecule has 0 spiro atoms. The molecular weight excluding hydrogens is 266 g/mol. The summed E-state index contributed by atoms with van der Waals surface area (Å²) in [7, 11) is 0. The first-order valence-electron chi connectivity index (χ1n) is 7.71. The van der Waals surface area contributed by atoms with E-state index < -0.39 is 17.8 Å². The van der Waals surface area contributed by atoms with E-state index in [0.717, 1.165) is 25.7 Å². The number of carboxylic acids is 1. The summed E-state index contributed by atoms with van der Waals surface area (Å²) in [5.74, 6) is -2.25. The Kier molecular flexibility index (Phi) is 5.78. The zero-order valence-corrected chi connectivity index (χ0v) is 12.2. The van der Waals surface area contributed by atoms with Crippen molar-refractivity contribution in [3.8, 4) is 0 Å². The van der Waals surface area contributed by atoms with E-state index in [0.29, 0.717) is 19.4 Å². The maximum atomic E-state index is 12.1. The molecule has 1 N–H and O–H groups in total. The SMILES string of the molecule is O=C([O-])[C@H]1CCCC[C@H]1C(=O)NCCCc1ccccc1. The maximum Gasteiger partial charge on any atom is 0.223 e. The molecule has 21 heavy (non-hydrogen) atoms. The van der Waals surface area contributed by atoms with E-state index in [1.807, 2.05) is 18.2 Å². The van der Waals surface area contributed by atoms with Gasteiger partial charge in [-0.2, -0.15) is 0 Å². The lowest BCUT2D eigenvalue weighted by Crippen LogP contribution is -2.44. The highest BCUT2D eigenvalue weighted by molar-refractivity contribution is 5.84. The number of carbonyl (C=O) groups is 2. The van der Waals surface area contributed by atoms with Crippen molar-refractivity contribution < 1.29 is 14.7 Å². The van der Waals surface area contributed by atoms with Crippen LogP contribution in [-0.4, -0.2) is 18.4 Å². The number of aliphatic carboxylic acids is 1. The lowest BCUT2D eigenvalue weighted by molar-refractivity contribution is -0.314. The number of amides is 1. The Morgan fingerprint density at radius 1 is 1.10 bits per heavy atom. The van der Waals surface area contributed by atoms with Crippen LogP contribution in [0.15, 0.2) is 30.3 Å². The van der Waals surface area contributed by atoms with Gasteiger partial charge in [-0.25, -0.2) is 0 Å². The van der Waals surface area contributed by atoms with E-state index in [-0.39, 0.29) is 5.91 Å². The van der Waals surface area contributed by atoms with Gasteiger partial charge in [0.15, 0.2) is 0 Å². The van der Waals surface area contributed by atoms with Gasteiger partial charge in [0.2, 0.25) is 5.91 Å². The molecule has 1 aliphatic rings. The highest BCUT2D eigenvalue weighted by Gasteiger charge is 2.31. The first kappa shape index (κ1) is 15.5. The van der Waals surface area contributed by atoms with Gasteiger partial charge in [-0.1, -0.05) is 43.2 Å². The molecule has 1 aromatic carbocycles. The first-order valence-corrected chi connectivity index (χ1v) is 7.71.